The molecule has 1 rings (SSSR count). The first-order chi connectivity index (χ1) is 9.33. The third-order valence-corrected chi connectivity index (χ3v) is 3.74. The van der Waals surface area contributed by atoms with Crippen molar-refractivity contribution >= 4 is 8.25 Å². The summed E-state index contributed by atoms with van der Waals surface area (Å²) in [7, 11) is -2.33. The summed E-state index contributed by atoms with van der Waals surface area (Å²) in [6, 6.07) is 9.72. The lowest BCUT2D eigenvalue weighted by Crippen LogP contribution is -1.91. The van der Waals surface area contributed by atoms with Crippen LogP contribution in [0.3, 0.4) is 0 Å². The fourth-order valence-electron chi connectivity index (χ4n) is 1.80. The molecule has 0 N–H and O–H groups in total. The van der Waals surface area contributed by atoms with Crippen molar-refractivity contribution in [2.24, 2.45) is 0 Å². The molecule has 0 radical (unpaired) electrons. The van der Waals surface area contributed by atoms with Gasteiger partial charge in [-0.25, -0.2) is 0 Å². The van der Waals surface area contributed by atoms with Gasteiger partial charge in [-0.15, -0.1) is 0 Å². The molecule has 0 fully saturated rings. The third kappa shape index (κ3) is 8.99. The second kappa shape index (κ2) is 11.2. The van der Waals surface area contributed by atoms with Crippen LogP contribution in [0.4, 0.5) is 0 Å². The molecule has 1 atom stereocenters. The predicted octanol–water partition coefficient (Wildman–Crippen LogP) is 4.97. The summed E-state index contributed by atoms with van der Waals surface area (Å²) < 4.78 is 21.9. The van der Waals surface area contributed by atoms with Gasteiger partial charge in [0.2, 0.25) is 0 Å². The second-order valence-electron chi connectivity index (χ2n) is 4.64. The van der Waals surface area contributed by atoms with E-state index in [2.05, 4.69) is 6.92 Å². The van der Waals surface area contributed by atoms with E-state index < -0.39 is 8.25 Å². The highest BCUT2D eigenvalue weighted by Crippen LogP contribution is 2.26. The zero-order chi connectivity index (χ0) is 13.8. The minimum absolute atomic E-state index is 0.356. The van der Waals surface area contributed by atoms with E-state index in [9.17, 15) is 4.57 Å². The molecule has 1 aromatic carbocycles. The van der Waals surface area contributed by atoms with Gasteiger partial charge in [-0.05, 0) is 12.0 Å². The van der Waals surface area contributed by atoms with Crippen molar-refractivity contribution < 1.29 is 13.6 Å². The summed E-state index contributed by atoms with van der Waals surface area (Å²) in [5, 5.41) is 0. The van der Waals surface area contributed by atoms with Crippen molar-refractivity contribution in [3.8, 4) is 0 Å². The molecular weight excluding hydrogens is 259 g/mol. The number of benzene rings is 1. The Bertz CT molecular complexity index is 341. The van der Waals surface area contributed by atoms with Crippen LogP contribution in [-0.2, 0) is 20.2 Å². The van der Waals surface area contributed by atoms with Crippen molar-refractivity contribution in [1.29, 1.82) is 0 Å². The van der Waals surface area contributed by atoms with E-state index in [0.29, 0.717) is 13.2 Å². The Morgan fingerprint density at radius 2 is 1.63 bits per heavy atom. The largest absolute Gasteiger partial charge is 0.319 e. The van der Waals surface area contributed by atoms with Crippen LogP contribution < -0.4 is 0 Å². The Morgan fingerprint density at radius 3 is 2.37 bits per heavy atom. The van der Waals surface area contributed by atoms with Gasteiger partial charge in [-0.2, -0.15) is 0 Å². The van der Waals surface area contributed by atoms with Gasteiger partial charge in [0.15, 0.2) is 0 Å². The maximum atomic E-state index is 11.5. The summed E-state index contributed by atoms with van der Waals surface area (Å²) in [4.78, 5) is 0. The second-order valence-corrected chi connectivity index (χ2v) is 5.72. The first-order valence-corrected chi connectivity index (χ1v) is 8.39. The quantitative estimate of drug-likeness (QED) is 0.425. The first kappa shape index (κ1) is 16.4. The molecule has 4 heteroatoms. The van der Waals surface area contributed by atoms with Gasteiger partial charge in [-0.1, -0.05) is 69.4 Å². The van der Waals surface area contributed by atoms with Gasteiger partial charge < -0.3 is 9.05 Å². The van der Waals surface area contributed by atoms with E-state index in [4.69, 9.17) is 9.05 Å². The topological polar surface area (TPSA) is 35.5 Å². The molecule has 0 amide bonds. The van der Waals surface area contributed by atoms with Crippen LogP contribution in [0.5, 0.6) is 0 Å². The smallest absolute Gasteiger partial charge is 0.311 e. The normalized spacial score (nSPS) is 12.5. The lowest BCUT2D eigenvalue weighted by Gasteiger charge is -2.05. The lowest BCUT2D eigenvalue weighted by atomic mass is 10.1. The van der Waals surface area contributed by atoms with E-state index in [-0.39, 0.29) is 0 Å². The fraction of sp³-hybridized carbons (Fsp3) is 0.600. The molecule has 1 unspecified atom stereocenters. The molecule has 0 spiro atoms. The van der Waals surface area contributed by atoms with E-state index in [1.807, 2.05) is 30.3 Å². The first-order valence-electron chi connectivity index (χ1n) is 7.16. The summed E-state index contributed by atoms with van der Waals surface area (Å²) in [5.41, 5.74) is 1.02. The van der Waals surface area contributed by atoms with E-state index >= 15 is 0 Å². The zero-order valence-corrected chi connectivity index (χ0v) is 12.8. The Kier molecular flexibility index (Phi) is 9.70. The average molecular weight is 284 g/mol. The average Bonchev–Trinajstić information content (AvgIpc) is 2.45. The monoisotopic (exact) mass is 284 g/mol. The minimum Gasteiger partial charge on any atom is -0.311 e. The van der Waals surface area contributed by atoms with Crippen molar-refractivity contribution in [3.63, 3.8) is 0 Å². The zero-order valence-electron chi connectivity index (χ0n) is 11.8. The van der Waals surface area contributed by atoms with Gasteiger partial charge >= 0.3 is 8.25 Å². The highest BCUT2D eigenvalue weighted by Gasteiger charge is 2.00. The number of hydrogen-bond acceptors (Lipinski definition) is 3. The highest BCUT2D eigenvalue weighted by molar-refractivity contribution is 7.33. The van der Waals surface area contributed by atoms with Gasteiger partial charge in [0.1, 0.15) is 0 Å². The van der Waals surface area contributed by atoms with Crippen LogP contribution in [0.25, 0.3) is 0 Å². The maximum Gasteiger partial charge on any atom is 0.319 e. The molecular formula is C15H25O3P. The number of rotatable bonds is 11. The number of hydrogen-bond donors (Lipinski definition) is 0. The van der Waals surface area contributed by atoms with E-state index in [0.717, 1.165) is 18.4 Å². The van der Waals surface area contributed by atoms with Crippen molar-refractivity contribution in [1.82, 2.24) is 0 Å². The third-order valence-electron chi connectivity index (χ3n) is 2.92. The standard InChI is InChI=1S/C15H25O3P/c1-2-3-4-5-6-10-13-17-19(16)18-14-15-11-8-7-9-12-15/h7-9,11-12,19H,2-6,10,13-14H2,1H3. The van der Waals surface area contributed by atoms with Crippen LogP contribution in [0.15, 0.2) is 30.3 Å². The SMILES string of the molecule is CCCCCCCCO[PH](=O)OCc1ccccc1. The molecule has 0 heterocycles. The van der Waals surface area contributed by atoms with Crippen LogP contribution in [0, 0.1) is 0 Å². The van der Waals surface area contributed by atoms with Crippen LogP contribution >= 0.6 is 8.25 Å². The molecule has 108 valence electrons. The molecule has 0 saturated heterocycles. The Hall–Kier alpha value is -0.630. The summed E-state index contributed by atoms with van der Waals surface area (Å²) in [6.07, 6.45) is 7.21. The van der Waals surface area contributed by atoms with E-state index in [1.54, 1.807) is 0 Å². The Labute approximate surface area is 117 Å². The van der Waals surface area contributed by atoms with Crippen LogP contribution in [0.1, 0.15) is 51.0 Å². The van der Waals surface area contributed by atoms with Gasteiger partial charge in [0.25, 0.3) is 0 Å². The molecule has 0 saturated carbocycles. The van der Waals surface area contributed by atoms with Gasteiger partial charge in [0, 0.05) is 0 Å². The number of unbranched alkanes of at least 4 members (excludes halogenated alkanes) is 5. The molecule has 19 heavy (non-hydrogen) atoms. The van der Waals surface area contributed by atoms with Crippen LogP contribution in [0.2, 0.25) is 0 Å². The molecule has 1 aromatic rings. The molecule has 0 aliphatic carbocycles. The highest BCUT2D eigenvalue weighted by atomic mass is 31.1. The molecule has 0 aliphatic rings. The van der Waals surface area contributed by atoms with Gasteiger partial charge in [0.05, 0.1) is 13.2 Å². The summed E-state index contributed by atoms with van der Waals surface area (Å²) >= 11 is 0. The Morgan fingerprint density at radius 1 is 0.947 bits per heavy atom. The molecule has 3 nitrogen and oxygen atoms in total. The minimum atomic E-state index is -2.33. The van der Waals surface area contributed by atoms with Crippen LogP contribution in [-0.4, -0.2) is 6.61 Å². The Balaban J connectivity index is 1.96. The molecule has 0 aromatic heterocycles. The molecule has 0 aliphatic heterocycles. The maximum absolute atomic E-state index is 11.5. The molecule has 0 bridgehead atoms. The van der Waals surface area contributed by atoms with Crippen molar-refractivity contribution in [2.45, 2.75) is 52.1 Å². The fourth-order valence-corrected chi connectivity index (χ4v) is 2.47. The van der Waals surface area contributed by atoms with Gasteiger partial charge in [-0.3, -0.25) is 4.57 Å². The lowest BCUT2D eigenvalue weighted by molar-refractivity contribution is 0.215. The van der Waals surface area contributed by atoms with Crippen molar-refractivity contribution in [3.05, 3.63) is 35.9 Å². The summed E-state index contributed by atoms with van der Waals surface area (Å²) in [5.74, 6) is 0. The van der Waals surface area contributed by atoms with E-state index in [1.165, 1.54) is 25.7 Å². The van der Waals surface area contributed by atoms with Crippen molar-refractivity contribution in [2.75, 3.05) is 6.61 Å². The summed E-state index contributed by atoms with van der Waals surface area (Å²) in [6.45, 7) is 3.10. The predicted molar refractivity (Wildman–Crippen MR) is 79.6 cm³/mol.